The number of nitrogens with zero attached hydrogens (tertiary/aromatic N) is 3. The van der Waals surface area contributed by atoms with Crippen molar-refractivity contribution in [3.05, 3.63) is 41.7 Å². The summed E-state index contributed by atoms with van der Waals surface area (Å²) in [5.74, 6) is -0.487. The number of aromatic nitrogens is 2. The van der Waals surface area contributed by atoms with Crippen molar-refractivity contribution in [3.63, 3.8) is 0 Å². The Morgan fingerprint density at radius 3 is 2.85 bits per heavy atom. The molecule has 0 saturated heterocycles. The van der Waals surface area contributed by atoms with Crippen LogP contribution in [0, 0.1) is 6.92 Å². The number of benzene rings is 1. The van der Waals surface area contributed by atoms with E-state index in [0.29, 0.717) is 12.3 Å². The monoisotopic (exact) mass is 290 g/mol. The molecule has 0 fully saturated rings. The van der Waals surface area contributed by atoms with E-state index in [1.807, 2.05) is 31.2 Å². The Labute approximate surface area is 120 Å². The second kappa shape index (κ2) is 6.85. The molecule has 0 spiro atoms. The van der Waals surface area contributed by atoms with Gasteiger partial charge in [0.15, 0.2) is 5.69 Å². The van der Waals surface area contributed by atoms with Gasteiger partial charge in [0.1, 0.15) is 5.69 Å². The smallest absolute Gasteiger partial charge is 0.358 e. The minimum Gasteiger partial charge on any atom is -0.461 e. The number of rotatable bonds is 5. The quantitative estimate of drug-likeness (QED) is 0.517. The largest absolute Gasteiger partial charge is 0.461 e. The minimum atomic E-state index is -0.487. The molecule has 2 rings (SSSR count). The maximum absolute atomic E-state index is 11.6. The van der Waals surface area contributed by atoms with Gasteiger partial charge in [-0.3, -0.25) is 5.10 Å². The molecule has 1 heterocycles. The molecule has 0 aliphatic heterocycles. The first kappa shape index (κ1) is 14.3. The lowest BCUT2D eigenvalue weighted by molar-refractivity contribution is 0.0520. The average Bonchev–Trinajstić information content (AvgIpc) is 2.90. The van der Waals surface area contributed by atoms with E-state index < -0.39 is 5.97 Å². The van der Waals surface area contributed by atoms with Gasteiger partial charge in [-0.1, -0.05) is 17.7 Å². The van der Waals surface area contributed by atoms with Gasteiger partial charge in [0.2, 0.25) is 0 Å². The molecule has 0 amide bonds. The Bertz CT molecular complexity index is 607. The van der Waals surface area contributed by atoms with Gasteiger partial charge in [-0.15, -0.1) is 9.63 Å². The lowest BCUT2D eigenvalue weighted by Crippen LogP contribution is -2.05. The van der Waals surface area contributed by atoms with Crippen LogP contribution in [0.15, 0.2) is 45.0 Å². The number of hydrogen-bond acceptors (Lipinski definition) is 6. The average molecular weight is 290 g/mol. The molecular weight excluding hydrogens is 276 g/mol. The molecule has 2 aromatic rings. The second-order valence-electron chi connectivity index (χ2n) is 3.94. The van der Waals surface area contributed by atoms with Crippen molar-refractivity contribution >= 4 is 23.6 Å². The van der Waals surface area contributed by atoms with Gasteiger partial charge < -0.3 is 4.74 Å². The highest BCUT2D eigenvalue weighted by Gasteiger charge is 2.14. The van der Waals surface area contributed by atoms with Crippen LogP contribution in [0.4, 0.5) is 5.69 Å². The zero-order valence-electron chi connectivity index (χ0n) is 11.2. The molecule has 1 N–H and O–H groups in total. The molecule has 20 heavy (non-hydrogen) atoms. The minimum absolute atomic E-state index is 0.208. The van der Waals surface area contributed by atoms with E-state index in [1.54, 1.807) is 6.92 Å². The molecule has 1 aromatic carbocycles. The third-order valence-electron chi connectivity index (χ3n) is 2.41. The molecule has 6 nitrogen and oxygen atoms in total. The van der Waals surface area contributed by atoms with Crippen molar-refractivity contribution in [1.82, 2.24) is 10.2 Å². The van der Waals surface area contributed by atoms with Crippen LogP contribution in [0.1, 0.15) is 23.0 Å². The summed E-state index contributed by atoms with van der Waals surface area (Å²) in [7, 11) is 0. The molecular formula is C13H14N4O2S. The van der Waals surface area contributed by atoms with Crippen LogP contribution in [0.2, 0.25) is 0 Å². The van der Waals surface area contributed by atoms with Crippen LogP contribution in [-0.4, -0.2) is 22.8 Å². The van der Waals surface area contributed by atoms with Gasteiger partial charge in [-0.05, 0) is 26.0 Å². The highest BCUT2D eigenvalue weighted by molar-refractivity contribution is 7.97. The van der Waals surface area contributed by atoms with Crippen molar-refractivity contribution < 1.29 is 9.53 Å². The standard InChI is InChI=1S/C13H14N4O2S/c1-3-19-13(18)12-11(8-14-16-12)15-17-20-10-6-4-9(2)5-7-10/h4-8H,3H2,1-2H3,(H,14,16). The zero-order chi connectivity index (χ0) is 14.4. The number of nitrogens with one attached hydrogen (secondary N) is 1. The summed E-state index contributed by atoms with van der Waals surface area (Å²) in [6.45, 7) is 4.06. The van der Waals surface area contributed by atoms with E-state index in [2.05, 4.69) is 19.8 Å². The van der Waals surface area contributed by atoms with Crippen LogP contribution in [-0.2, 0) is 4.74 Å². The molecule has 0 unspecified atom stereocenters. The fourth-order valence-corrected chi connectivity index (χ4v) is 1.90. The highest BCUT2D eigenvalue weighted by Crippen LogP contribution is 2.24. The predicted octanol–water partition coefficient (Wildman–Crippen LogP) is 3.69. The molecule has 0 bridgehead atoms. The molecule has 0 saturated carbocycles. The summed E-state index contributed by atoms with van der Waals surface area (Å²) in [6, 6.07) is 7.92. The van der Waals surface area contributed by atoms with Crippen LogP contribution in [0.25, 0.3) is 0 Å². The number of ether oxygens (including phenoxy) is 1. The SMILES string of the molecule is CCOC(=O)c1[nH]ncc1N=NSc1ccc(C)cc1. The third kappa shape index (κ3) is 3.67. The Morgan fingerprint density at radius 1 is 1.40 bits per heavy atom. The molecule has 0 aliphatic carbocycles. The Kier molecular flexibility index (Phi) is 4.89. The molecule has 1 aromatic heterocycles. The number of aryl methyl sites for hydroxylation is 1. The van der Waals surface area contributed by atoms with E-state index in [0.717, 1.165) is 4.90 Å². The Morgan fingerprint density at radius 2 is 2.15 bits per heavy atom. The van der Waals surface area contributed by atoms with Gasteiger partial charge >= 0.3 is 5.97 Å². The van der Waals surface area contributed by atoms with Crippen molar-refractivity contribution in [2.24, 2.45) is 9.63 Å². The first-order valence-electron chi connectivity index (χ1n) is 6.06. The van der Waals surface area contributed by atoms with Crippen molar-refractivity contribution in [1.29, 1.82) is 0 Å². The summed E-state index contributed by atoms with van der Waals surface area (Å²) in [5, 5.41) is 10.3. The van der Waals surface area contributed by atoms with Crippen LogP contribution in [0.3, 0.4) is 0 Å². The second-order valence-corrected chi connectivity index (χ2v) is 4.75. The lowest BCUT2D eigenvalue weighted by atomic mass is 10.2. The van der Waals surface area contributed by atoms with Crippen molar-refractivity contribution in [3.8, 4) is 0 Å². The van der Waals surface area contributed by atoms with Gasteiger partial charge in [0.25, 0.3) is 0 Å². The number of H-pyrrole nitrogens is 1. The summed E-state index contributed by atoms with van der Waals surface area (Å²) in [4.78, 5) is 12.6. The number of carbonyl (C=O) groups excluding carboxylic acids is 1. The van der Waals surface area contributed by atoms with Crippen molar-refractivity contribution in [2.75, 3.05) is 6.61 Å². The fourth-order valence-electron chi connectivity index (χ4n) is 1.42. The van der Waals surface area contributed by atoms with Crippen LogP contribution >= 0.6 is 11.9 Å². The van der Waals surface area contributed by atoms with Gasteiger partial charge in [0, 0.05) is 16.8 Å². The number of aromatic amines is 1. The molecule has 0 radical (unpaired) electrons. The Hall–Kier alpha value is -2.15. The maximum Gasteiger partial charge on any atom is 0.358 e. The summed E-state index contributed by atoms with van der Waals surface area (Å²) < 4.78 is 8.88. The van der Waals surface area contributed by atoms with Gasteiger partial charge in [0.05, 0.1) is 12.8 Å². The van der Waals surface area contributed by atoms with Crippen LogP contribution < -0.4 is 0 Å². The van der Waals surface area contributed by atoms with Crippen LogP contribution in [0.5, 0.6) is 0 Å². The summed E-state index contributed by atoms with van der Waals surface area (Å²) in [5.41, 5.74) is 1.76. The van der Waals surface area contributed by atoms with E-state index in [1.165, 1.54) is 23.7 Å². The van der Waals surface area contributed by atoms with Gasteiger partial charge in [-0.2, -0.15) is 5.10 Å². The Balaban J connectivity index is 2.03. The van der Waals surface area contributed by atoms with E-state index in [-0.39, 0.29) is 5.69 Å². The van der Waals surface area contributed by atoms with E-state index in [4.69, 9.17) is 4.74 Å². The number of carbonyl (C=O) groups is 1. The third-order valence-corrected chi connectivity index (χ3v) is 3.06. The summed E-state index contributed by atoms with van der Waals surface area (Å²) in [6.07, 6.45) is 1.44. The molecule has 7 heteroatoms. The van der Waals surface area contributed by atoms with E-state index >= 15 is 0 Å². The predicted molar refractivity (Wildman–Crippen MR) is 76.1 cm³/mol. The van der Waals surface area contributed by atoms with Crippen molar-refractivity contribution in [2.45, 2.75) is 18.7 Å². The maximum atomic E-state index is 11.6. The highest BCUT2D eigenvalue weighted by atomic mass is 32.2. The number of hydrogen-bond donors (Lipinski definition) is 1. The summed E-state index contributed by atoms with van der Waals surface area (Å²) >= 11 is 1.23. The molecule has 0 aliphatic rings. The first-order chi connectivity index (χ1) is 9.70. The normalized spacial score (nSPS) is 10.9. The van der Waals surface area contributed by atoms with E-state index in [9.17, 15) is 4.79 Å². The fraction of sp³-hybridized carbons (Fsp3) is 0.231. The zero-order valence-corrected chi connectivity index (χ0v) is 12.0. The topological polar surface area (TPSA) is 79.7 Å². The lowest BCUT2D eigenvalue weighted by Gasteiger charge is -1.98. The number of esters is 1. The molecule has 0 atom stereocenters. The first-order valence-corrected chi connectivity index (χ1v) is 6.83. The van der Waals surface area contributed by atoms with Gasteiger partial charge in [-0.25, -0.2) is 4.79 Å². The molecule has 104 valence electrons.